The summed E-state index contributed by atoms with van der Waals surface area (Å²) < 4.78 is 2.21. The molecule has 0 radical (unpaired) electrons. The molecular weight excluding hydrogens is 422 g/mol. The van der Waals surface area contributed by atoms with Gasteiger partial charge in [0.1, 0.15) is 11.3 Å². The van der Waals surface area contributed by atoms with E-state index in [9.17, 15) is 9.90 Å². The highest BCUT2D eigenvalue weighted by atomic mass is 16.4. The maximum Gasteiger partial charge on any atom is 0.336 e. The van der Waals surface area contributed by atoms with Crippen LogP contribution >= 0.6 is 0 Å². The van der Waals surface area contributed by atoms with Crippen LogP contribution in [0.5, 0.6) is 0 Å². The van der Waals surface area contributed by atoms with Crippen molar-refractivity contribution in [3.05, 3.63) is 106 Å². The predicted octanol–water partition coefficient (Wildman–Crippen LogP) is 5.96. The molecule has 2 heterocycles. The molecule has 34 heavy (non-hydrogen) atoms. The van der Waals surface area contributed by atoms with Crippen LogP contribution in [0.1, 0.15) is 52.7 Å². The van der Waals surface area contributed by atoms with Gasteiger partial charge in [-0.15, -0.1) is 0 Å². The van der Waals surface area contributed by atoms with Crippen LogP contribution in [0.25, 0.3) is 22.3 Å². The minimum atomic E-state index is -0.953. The van der Waals surface area contributed by atoms with Gasteiger partial charge in [0.15, 0.2) is 5.65 Å². The summed E-state index contributed by atoms with van der Waals surface area (Å²) >= 11 is 0. The van der Waals surface area contributed by atoms with Crippen LogP contribution in [0.2, 0.25) is 0 Å². The largest absolute Gasteiger partial charge is 0.478 e. The zero-order valence-corrected chi connectivity index (χ0v) is 19.7. The molecule has 0 saturated heterocycles. The van der Waals surface area contributed by atoms with Crippen LogP contribution in [-0.2, 0) is 17.8 Å². The SMILES string of the molecule is C=C1C(C(=O)O)=C(c2ccc(Cn3c(CCC)nc4c(C)cc(C)nc43)cc2)c2ccccc21. The Labute approximate surface area is 199 Å². The van der Waals surface area contributed by atoms with Crippen molar-refractivity contribution in [1.82, 2.24) is 14.5 Å². The molecule has 0 saturated carbocycles. The van der Waals surface area contributed by atoms with E-state index in [1.54, 1.807) is 0 Å². The Balaban J connectivity index is 1.55. The van der Waals surface area contributed by atoms with E-state index in [-0.39, 0.29) is 5.57 Å². The van der Waals surface area contributed by atoms with Gasteiger partial charge in [-0.3, -0.25) is 0 Å². The number of carbonyl (C=O) groups is 1. The standard InChI is InChI=1S/C29H27N3O2/c1-5-8-24-31-27-17(2)15-18(3)30-28(27)32(24)16-20-11-13-21(14-12-20)26-23-10-7-6-9-22(23)19(4)25(26)29(33)34/h6-7,9-15H,4-5,8,16H2,1-3H3,(H,33,34). The number of fused-ring (bicyclic) bond motifs is 2. The summed E-state index contributed by atoms with van der Waals surface area (Å²) in [6.45, 7) is 11.0. The highest BCUT2D eigenvalue weighted by molar-refractivity contribution is 6.19. The van der Waals surface area contributed by atoms with Crippen LogP contribution in [0.15, 0.2) is 66.7 Å². The highest BCUT2D eigenvalue weighted by Crippen LogP contribution is 2.43. The molecule has 5 heteroatoms. The van der Waals surface area contributed by atoms with Crippen LogP contribution < -0.4 is 0 Å². The molecule has 1 N–H and O–H groups in total. The number of nitrogens with zero attached hydrogens (tertiary/aromatic N) is 3. The second-order valence-electron chi connectivity index (χ2n) is 8.89. The number of pyridine rings is 1. The van der Waals surface area contributed by atoms with E-state index in [0.717, 1.165) is 68.9 Å². The average molecular weight is 450 g/mol. The van der Waals surface area contributed by atoms with Crippen LogP contribution in [0.3, 0.4) is 0 Å². The summed E-state index contributed by atoms with van der Waals surface area (Å²) in [6, 6.07) is 18.0. The first-order chi connectivity index (χ1) is 16.4. The molecule has 0 atom stereocenters. The molecule has 2 aromatic carbocycles. The Morgan fingerprint density at radius 1 is 1.03 bits per heavy atom. The lowest BCUT2D eigenvalue weighted by Crippen LogP contribution is -2.06. The van der Waals surface area contributed by atoms with Gasteiger partial charge in [-0.2, -0.15) is 0 Å². The fourth-order valence-electron chi connectivity index (χ4n) is 4.91. The summed E-state index contributed by atoms with van der Waals surface area (Å²) in [5.74, 6) is 0.0888. The topological polar surface area (TPSA) is 68.0 Å². The fourth-order valence-corrected chi connectivity index (χ4v) is 4.91. The lowest BCUT2D eigenvalue weighted by Gasteiger charge is -2.11. The number of rotatable bonds is 6. The van der Waals surface area contributed by atoms with E-state index < -0.39 is 5.97 Å². The van der Waals surface area contributed by atoms with Gasteiger partial charge in [0.25, 0.3) is 0 Å². The summed E-state index contributed by atoms with van der Waals surface area (Å²) in [6.07, 6.45) is 1.90. The van der Waals surface area contributed by atoms with Crippen molar-refractivity contribution in [2.45, 2.75) is 40.2 Å². The smallest absolute Gasteiger partial charge is 0.336 e. The van der Waals surface area contributed by atoms with Crippen molar-refractivity contribution in [2.75, 3.05) is 0 Å². The number of aryl methyl sites for hydroxylation is 3. The highest BCUT2D eigenvalue weighted by Gasteiger charge is 2.30. The second-order valence-corrected chi connectivity index (χ2v) is 8.89. The first kappa shape index (κ1) is 21.8. The van der Waals surface area contributed by atoms with Crippen molar-refractivity contribution in [3.8, 4) is 0 Å². The molecule has 0 spiro atoms. The molecular formula is C29H27N3O2. The summed E-state index contributed by atoms with van der Waals surface area (Å²) in [4.78, 5) is 21.8. The van der Waals surface area contributed by atoms with Crippen molar-refractivity contribution in [2.24, 2.45) is 0 Å². The number of hydrogen-bond donors (Lipinski definition) is 1. The third kappa shape index (κ3) is 3.54. The second kappa shape index (κ2) is 8.41. The fraction of sp³-hybridized carbons (Fsp3) is 0.207. The molecule has 0 amide bonds. The zero-order chi connectivity index (χ0) is 24.0. The Morgan fingerprint density at radius 2 is 1.74 bits per heavy atom. The molecule has 5 nitrogen and oxygen atoms in total. The summed E-state index contributed by atoms with van der Waals surface area (Å²) in [7, 11) is 0. The summed E-state index contributed by atoms with van der Waals surface area (Å²) in [5, 5.41) is 9.90. The van der Waals surface area contributed by atoms with Gasteiger partial charge in [-0.1, -0.05) is 62.0 Å². The normalized spacial score (nSPS) is 13.1. The van der Waals surface area contributed by atoms with Gasteiger partial charge in [0.2, 0.25) is 0 Å². The average Bonchev–Trinajstić information content (AvgIpc) is 3.30. The maximum atomic E-state index is 12.1. The number of aliphatic carboxylic acids is 1. The molecule has 0 fully saturated rings. The zero-order valence-electron chi connectivity index (χ0n) is 19.7. The molecule has 170 valence electrons. The van der Waals surface area contributed by atoms with Crippen molar-refractivity contribution in [1.29, 1.82) is 0 Å². The Hall–Kier alpha value is -3.99. The van der Waals surface area contributed by atoms with Crippen LogP contribution in [-0.4, -0.2) is 25.6 Å². The van der Waals surface area contributed by atoms with E-state index in [4.69, 9.17) is 9.97 Å². The molecule has 0 bridgehead atoms. The van der Waals surface area contributed by atoms with Gasteiger partial charge in [-0.05, 0) is 59.7 Å². The number of carboxylic acids is 1. The van der Waals surface area contributed by atoms with Gasteiger partial charge in [-0.25, -0.2) is 14.8 Å². The van der Waals surface area contributed by atoms with Crippen LogP contribution in [0, 0.1) is 13.8 Å². The van der Waals surface area contributed by atoms with Crippen molar-refractivity contribution in [3.63, 3.8) is 0 Å². The molecule has 4 aromatic rings. The number of aromatic nitrogens is 3. The van der Waals surface area contributed by atoms with Gasteiger partial charge < -0.3 is 9.67 Å². The van der Waals surface area contributed by atoms with E-state index >= 15 is 0 Å². The number of benzene rings is 2. The van der Waals surface area contributed by atoms with E-state index in [2.05, 4.69) is 43.2 Å². The molecule has 1 aliphatic carbocycles. The number of hydrogen-bond acceptors (Lipinski definition) is 3. The molecule has 1 aliphatic rings. The molecule has 0 unspecified atom stereocenters. The third-order valence-electron chi connectivity index (χ3n) is 6.45. The predicted molar refractivity (Wildman–Crippen MR) is 136 cm³/mol. The number of imidazole rings is 1. The van der Waals surface area contributed by atoms with Gasteiger partial charge in [0.05, 0.1) is 12.1 Å². The van der Waals surface area contributed by atoms with E-state index in [0.29, 0.717) is 12.1 Å². The van der Waals surface area contributed by atoms with Crippen LogP contribution in [0.4, 0.5) is 0 Å². The Morgan fingerprint density at radius 3 is 2.41 bits per heavy atom. The Bertz CT molecular complexity index is 1490. The minimum Gasteiger partial charge on any atom is -0.478 e. The monoisotopic (exact) mass is 449 g/mol. The molecule has 2 aromatic heterocycles. The van der Waals surface area contributed by atoms with Gasteiger partial charge >= 0.3 is 5.97 Å². The van der Waals surface area contributed by atoms with E-state index in [1.165, 1.54) is 0 Å². The van der Waals surface area contributed by atoms with Crippen molar-refractivity contribution < 1.29 is 9.90 Å². The quantitative estimate of drug-likeness (QED) is 0.394. The third-order valence-corrected chi connectivity index (χ3v) is 6.45. The maximum absolute atomic E-state index is 12.1. The lowest BCUT2D eigenvalue weighted by atomic mass is 9.96. The molecule has 0 aliphatic heterocycles. The first-order valence-corrected chi connectivity index (χ1v) is 11.6. The Kier molecular flexibility index (Phi) is 5.40. The van der Waals surface area contributed by atoms with Gasteiger partial charge in [0, 0.05) is 17.7 Å². The van der Waals surface area contributed by atoms with E-state index in [1.807, 2.05) is 43.3 Å². The molecule has 5 rings (SSSR count). The number of carboxylic acid groups (broad SMARTS) is 1. The summed E-state index contributed by atoms with van der Waals surface area (Å²) in [5.41, 5.74) is 9.36. The lowest BCUT2D eigenvalue weighted by molar-refractivity contribution is -0.132. The minimum absolute atomic E-state index is 0.273. The van der Waals surface area contributed by atoms with Crippen molar-refractivity contribution >= 4 is 28.3 Å². The first-order valence-electron chi connectivity index (χ1n) is 11.6.